The first-order valence-corrected chi connectivity index (χ1v) is 7.23. The van der Waals surface area contributed by atoms with E-state index in [-0.39, 0.29) is 0 Å². The average molecular weight is 339 g/mol. The van der Waals surface area contributed by atoms with E-state index in [0.717, 1.165) is 0 Å². The minimum atomic E-state index is -1.74. The van der Waals surface area contributed by atoms with Crippen LogP contribution in [0.5, 0.6) is 0 Å². The van der Waals surface area contributed by atoms with Gasteiger partial charge in [-0.3, -0.25) is 4.79 Å². The van der Waals surface area contributed by atoms with Crippen LogP contribution in [0.4, 0.5) is 0 Å². The molecule has 8 N–H and O–H groups in total. The zero-order valence-electron chi connectivity index (χ0n) is 12.9. The lowest BCUT2D eigenvalue weighted by Gasteiger charge is -2.42. The Balaban J connectivity index is 2.76. The Morgan fingerprint density at radius 3 is 1.83 bits per heavy atom. The molecule has 0 bridgehead atoms. The van der Waals surface area contributed by atoms with Gasteiger partial charge in [0.1, 0.15) is 42.7 Å². The molecule has 0 spiro atoms. The number of amides is 1. The lowest BCUT2D eigenvalue weighted by molar-refractivity contribution is -0.237. The maximum Gasteiger partial charge on any atom is 0.217 e. The van der Waals surface area contributed by atoms with Gasteiger partial charge >= 0.3 is 0 Å². The molecule has 1 amide bonds. The molecule has 10 nitrogen and oxygen atoms in total. The Labute approximate surface area is 132 Å². The second kappa shape index (κ2) is 8.31. The highest BCUT2D eigenvalue weighted by molar-refractivity contribution is 5.73. The Kier molecular flexibility index (Phi) is 7.29. The Morgan fingerprint density at radius 2 is 1.43 bits per heavy atom. The highest BCUT2D eigenvalue weighted by Gasteiger charge is 2.49. The van der Waals surface area contributed by atoms with Gasteiger partial charge in [-0.15, -0.1) is 0 Å². The summed E-state index contributed by atoms with van der Waals surface area (Å²) in [5.74, 6) is -0.501. The van der Waals surface area contributed by atoms with Gasteiger partial charge in [-0.25, -0.2) is 0 Å². The largest absolute Gasteiger partial charge is 0.391 e. The van der Waals surface area contributed by atoms with Crippen LogP contribution in [0.1, 0.15) is 13.8 Å². The number of ether oxygens (including phenoxy) is 1. The van der Waals surface area contributed by atoms with E-state index in [1.165, 1.54) is 13.8 Å². The summed E-state index contributed by atoms with van der Waals surface area (Å²) in [5.41, 5.74) is 0. The van der Waals surface area contributed by atoms with Crippen molar-refractivity contribution in [3.63, 3.8) is 0 Å². The van der Waals surface area contributed by atoms with Gasteiger partial charge in [-0.2, -0.15) is 0 Å². The highest BCUT2D eigenvalue weighted by Crippen LogP contribution is 2.24. The molecule has 0 aromatic carbocycles. The van der Waals surface area contributed by atoms with Crippen molar-refractivity contribution in [2.24, 2.45) is 0 Å². The van der Waals surface area contributed by atoms with Crippen LogP contribution in [0, 0.1) is 0 Å². The highest BCUT2D eigenvalue weighted by atomic mass is 16.5. The van der Waals surface area contributed by atoms with Crippen molar-refractivity contribution in [3.8, 4) is 0 Å². The van der Waals surface area contributed by atoms with Crippen LogP contribution < -0.4 is 5.32 Å². The molecule has 0 aromatic heterocycles. The van der Waals surface area contributed by atoms with Crippen molar-refractivity contribution < 1.29 is 45.3 Å². The molecule has 0 heterocycles. The number of hydrogen-bond acceptors (Lipinski definition) is 9. The summed E-state index contributed by atoms with van der Waals surface area (Å²) >= 11 is 0. The van der Waals surface area contributed by atoms with Crippen molar-refractivity contribution in [2.75, 3.05) is 6.61 Å². The first-order valence-electron chi connectivity index (χ1n) is 7.23. The number of aliphatic hydroxyl groups is 7. The molecule has 1 aliphatic carbocycles. The maximum atomic E-state index is 11.1. The fourth-order valence-electron chi connectivity index (χ4n) is 2.43. The number of carbonyl (C=O) groups excluding carboxylic acids is 1. The molecule has 1 saturated carbocycles. The van der Waals surface area contributed by atoms with Gasteiger partial charge in [0, 0.05) is 6.92 Å². The van der Waals surface area contributed by atoms with Gasteiger partial charge in [0.15, 0.2) is 0 Å². The summed E-state index contributed by atoms with van der Waals surface area (Å²) in [7, 11) is 0. The Hall–Kier alpha value is -0.850. The summed E-state index contributed by atoms with van der Waals surface area (Å²) in [6, 6.07) is -1.05. The minimum Gasteiger partial charge on any atom is -0.391 e. The van der Waals surface area contributed by atoms with Crippen molar-refractivity contribution in [2.45, 2.75) is 68.7 Å². The molecule has 1 fully saturated rings. The van der Waals surface area contributed by atoms with Crippen LogP contribution in [0.15, 0.2) is 0 Å². The smallest absolute Gasteiger partial charge is 0.217 e. The third-order valence-corrected chi connectivity index (χ3v) is 3.84. The lowest BCUT2D eigenvalue weighted by atomic mass is 9.85. The maximum absolute atomic E-state index is 11.1. The number of hydrogen-bond donors (Lipinski definition) is 8. The molecule has 0 saturated heterocycles. The molecule has 0 radical (unpaired) electrons. The van der Waals surface area contributed by atoms with Gasteiger partial charge in [0.05, 0.1) is 18.8 Å². The third-order valence-electron chi connectivity index (χ3n) is 3.84. The summed E-state index contributed by atoms with van der Waals surface area (Å²) < 4.78 is 5.21. The van der Waals surface area contributed by atoms with Gasteiger partial charge in [-0.1, -0.05) is 0 Å². The van der Waals surface area contributed by atoms with Gasteiger partial charge in [-0.05, 0) is 6.92 Å². The fourth-order valence-corrected chi connectivity index (χ4v) is 2.43. The minimum absolute atomic E-state index is 0.417. The van der Waals surface area contributed by atoms with Crippen molar-refractivity contribution in [1.82, 2.24) is 5.32 Å². The molecule has 7 atom stereocenters. The first-order chi connectivity index (χ1) is 10.6. The van der Waals surface area contributed by atoms with E-state index in [0.29, 0.717) is 0 Å². The van der Waals surface area contributed by atoms with Crippen LogP contribution in [-0.2, 0) is 9.53 Å². The molecule has 1 rings (SSSR count). The van der Waals surface area contributed by atoms with E-state index < -0.39 is 67.4 Å². The number of aliphatic hydroxyl groups excluding tert-OH is 7. The van der Waals surface area contributed by atoms with E-state index in [1.807, 2.05) is 0 Å². The van der Waals surface area contributed by atoms with E-state index in [1.54, 1.807) is 0 Å². The van der Waals surface area contributed by atoms with Gasteiger partial charge in [0.25, 0.3) is 0 Å². The van der Waals surface area contributed by atoms with Crippen LogP contribution in [-0.4, -0.2) is 103 Å². The van der Waals surface area contributed by atoms with Crippen LogP contribution >= 0.6 is 0 Å². The molecule has 0 aliphatic heterocycles. The molecule has 10 heteroatoms. The zero-order chi connectivity index (χ0) is 17.9. The van der Waals surface area contributed by atoms with E-state index >= 15 is 0 Å². The van der Waals surface area contributed by atoms with Crippen molar-refractivity contribution >= 4 is 5.91 Å². The standard InChI is InChI=1S/C13H25NO9/c1-4(15)7(17)6(14-5(2)16)3-23-13-11(21)9(19)8(18)10(20)12(13)22/h4,6-13,15,17-22H,3H2,1-2H3,(H,14,16)/t4-,6+,7-,8?,9?,10?,11?,12?,13?/m1/s1. The molecular formula is C13H25NO9. The molecule has 1 aliphatic rings. The van der Waals surface area contributed by atoms with Crippen LogP contribution in [0.2, 0.25) is 0 Å². The number of carbonyl (C=O) groups is 1. The normalized spacial score (nSPS) is 38.7. The predicted octanol–water partition coefficient (Wildman–Crippen LogP) is -4.56. The SMILES string of the molecule is CC(=O)N[C@@H](COC1C(O)C(O)C(O)C(O)C1O)[C@H](O)[C@@H](C)O. The van der Waals surface area contributed by atoms with Crippen molar-refractivity contribution in [1.29, 1.82) is 0 Å². The number of nitrogens with one attached hydrogen (secondary N) is 1. The van der Waals surface area contributed by atoms with E-state index in [2.05, 4.69) is 5.32 Å². The molecule has 4 unspecified atom stereocenters. The summed E-state index contributed by atoms with van der Waals surface area (Å²) in [6.07, 6.45) is -12.6. The average Bonchev–Trinajstić information content (AvgIpc) is 2.48. The Morgan fingerprint density at radius 1 is 1.00 bits per heavy atom. The molecular weight excluding hydrogens is 314 g/mol. The lowest BCUT2D eigenvalue weighted by Crippen LogP contribution is -2.65. The Bertz CT molecular complexity index is 378. The van der Waals surface area contributed by atoms with Gasteiger partial charge < -0.3 is 45.8 Å². The fraction of sp³-hybridized carbons (Fsp3) is 0.923. The van der Waals surface area contributed by atoms with Crippen LogP contribution in [0.3, 0.4) is 0 Å². The molecule has 136 valence electrons. The molecule has 0 aromatic rings. The first kappa shape index (κ1) is 20.2. The second-order valence-electron chi connectivity index (χ2n) is 5.79. The topological polar surface area (TPSA) is 180 Å². The summed E-state index contributed by atoms with van der Waals surface area (Å²) in [4.78, 5) is 11.1. The van der Waals surface area contributed by atoms with E-state index in [4.69, 9.17) is 4.74 Å². The molecule has 23 heavy (non-hydrogen) atoms. The monoisotopic (exact) mass is 339 g/mol. The number of rotatable bonds is 6. The third kappa shape index (κ3) is 4.81. The summed E-state index contributed by atoms with van der Waals surface area (Å²) in [6.45, 7) is 2.07. The quantitative estimate of drug-likeness (QED) is 0.236. The van der Waals surface area contributed by atoms with Crippen LogP contribution in [0.25, 0.3) is 0 Å². The van der Waals surface area contributed by atoms with Crippen molar-refractivity contribution in [3.05, 3.63) is 0 Å². The second-order valence-corrected chi connectivity index (χ2v) is 5.79. The predicted molar refractivity (Wildman–Crippen MR) is 75.1 cm³/mol. The zero-order valence-corrected chi connectivity index (χ0v) is 12.9. The van der Waals surface area contributed by atoms with E-state index in [9.17, 15) is 40.5 Å². The van der Waals surface area contributed by atoms with Gasteiger partial charge in [0.2, 0.25) is 5.91 Å². The summed E-state index contributed by atoms with van der Waals surface area (Å²) in [5, 5.41) is 69.9.